The van der Waals surface area contributed by atoms with Crippen molar-refractivity contribution in [2.75, 3.05) is 13.6 Å². The topological polar surface area (TPSA) is 46.3 Å². The number of carbonyl (C=O) groups excluding carboxylic acids is 1. The molecular formula is C10H16N2OS. The summed E-state index contributed by atoms with van der Waals surface area (Å²) in [4.78, 5) is 15.2. The van der Waals surface area contributed by atoms with Crippen molar-refractivity contribution in [2.45, 2.75) is 19.9 Å². The van der Waals surface area contributed by atoms with Gasteiger partial charge in [-0.1, -0.05) is 0 Å². The van der Waals surface area contributed by atoms with Crippen molar-refractivity contribution in [1.29, 1.82) is 0 Å². The Labute approximate surface area is 88.5 Å². The van der Waals surface area contributed by atoms with Gasteiger partial charge in [0.05, 0.1) is 6.54 Å². The van der Waals surface area contributed by atoms with E-state index in [1.54, 1.807) is 11.3 Å². The molecule has 1 rings (SSSR count). The van der Waals surface area contributed by atoms with E-state index in [1.807, 2.05) is 11.9 Å². The average molecular weight is 212 g/mol. The molecule has 0 saturated carbocycles. The lowest BCUT2D eigenvalue weighted by Gasteiger charge is -2.21. The number of hydrogen-bond acceptors (Lipinski definition) is 3. The van der Waals surface area contributed by atoms with Gasteiger partial charge in [0, 0.05) is 15.8 Å². The van der Waals surface area contributed by atoms with Gasteiger partial charge in [-0.2, -0.15) is 0 Å². The first kappa shape index (κ1) is 11.2. The van der Waals surface area contributed by atoms with E-state index in [0.717, 1.165) is 0 Å². The number of likely N-dealkylation sites (N-methyl/N-ethyl adjacent to an activating group) is 1. The first-order valence-electron chi connectivity index (χ1n) is 4.55. The lowest BCUT2D eigenvalue weighted by molar-refractivity contribution is -0.119. The fraction of sp³-hybridized carbons (Fsp3) is 0.500. The summed E-state index contributed by atoms with van der Waals surface area (Å²) in [6.07, 6.45) is 0. The molecule has 0 aromatic carbocycles. The summed E-state index contributed by atoms with van der Waals surface area (Å²) in [5.74, 6) is -0.285. The van der Waals surface area contributed by atoms with E-state index >= 15 is 0 Å². The predicted molar refractivity (Wildman–Crippen MR) is 59.3 cm³/mol. The summed E-state index contributed by atoms with van der Waals surface area (Å²) < 4.78 is 0. The molecule has 1 aromatic heterocycles. The molecule has 2 N–H and O–H groups in total. The van der Waals surface area contributed by atoms with Crippen LogP contribution in [-0.2, 0) is 4.79 Å². The third-order valence-electron chi connectivity index (χ3n) is 2.24. The van der Waals surface area contributed by atoms with Crippen LogP contribution < -0.4 is 5.73 Å². The van der Waals surface area contributed by atoms with E-state index in [4.69, 9.17) is 5.73 Å². The molecule has 78 valence electrons. The largest absolute Gasteiger partial charge is 0.369 e. The van der Waals surface area contributed by atoms with Gasteiger partial charge in [0.2, 0.25) is 5.91 Å². The van der Waals surface area contributed by atoms with E-state index in [-0.39, 0.29) is 11.9 Å². The van der Waals surface area contributed by atoms with E-state index in [2.05, 4.69) is 26.0 Å². The number of rotatable bonds is 4. The molecule has 1 heterocycles. The Hall–Kier alpha value is -0.870. The third kappa shape index (κ3) is 2.82. The predicted octanol–water partition coefficient (Wildman–Crippen LogP) is 1.53. The number of carbonyl (C=O) groups is 1. The number of thiophene rings is 1. The highest BCUT2D eigenvalue weighted by Gasteiger charge is 2.14. The fourth-order valence-corrected chi connectivity index (χ4v) is 2.27. The van der Waals surface area contributed by atoms with Crippen molar-refractivity contribution >= 4 is 17.2 Å². The first-order valence-corrected chi connectivity index (χ1v) is 5.37. The molecule has 0 fully saturated rings. The monoisotopic (exact) mass is 212 g/mol. The van der Waals surface area contributed by atoms with Gasteiger partial charge >= 0.3 is 0 Å². The Bertz CT molecular complexity index is 322. The molecule has 0 aliphatic carbocycles. The molecule has 1 aromatic rings. The molecular weight excluding hydrogens is 196 g/mol. The van der Waals surface area contributed by atoms with Crippen molar-refractivity contribution in [2.24, 2.45) is 5.73 Å². The van der Waals surface area contributed by atoms with E-state index in [9.17, 15) is 4.79 Å². The second kappa shape index (κ2) is 4.57. The van der Waals surface area contributed by atoms with Crippen molar-refractivity contribution in [3.8, 4) is 0 Å². The lowest BCUT2D eigenvalue weighted by Crippen LogP contribution is -2.32. The van der Waals surface area contributed by atoms with Gasteiger partial charge in [-0.25, -0.2) is 0 Å². The van der Waals surface area contributed by atoms with Crippen LogP contribution in [0.25, 0.3) is 0 Å². The van der Waals surface area contributed by atoms with Crippen LogP contribution >= 0.6 is 11.3 Å². The van der Waals surface area contributed by atoms with Gasteiger partial charge in [-0.05, 0) is 33.0 Å². The number of aryl methyl sites for hydroxylation is 1. The highest BCUT2D eigenvalue weighted by atomic mass is 32.1. The quantitative estimate of drug-likeness (QED) is 0.822. The molecule has 14 heavy (non-hydrogen) atoms. The molecule has 4 heteroatoms. The number of amides is 1. The van der Waals surface area contributed by atoms with Crippen LogP contribution in [0.4, 0.5) is 0 Å². The summed E-state index contributed by atoms with van der Waals surface area (Å²) in [6, 6.07) is 4.44. The molecule has 1 atom stereocenters. The van der Waals surface area contributed by atoms with Gasteiger partial charge in [-0.3, -0.25) is 9.69 Å². The molecule has 0 radical (unpaired) electrons. The highest BCUT2D eigenvalue weighted by molar-refractivity contribution is 7.12. The second-order valence-corrected chi connectivity index (χ2v) is 4.83. The second-order valence-electron chi connectivity index (χ2n) is 3.51. The molecule has 0 aliphatic rings. The van der Waals surface area contributed by atoms with Crippen LogP contribution in [0.1, 0.15) is 22.7 Å². The Morgan fingerprint density at radius 2 is 2.29 bits per heavy atom. The number of primary amides is 1. The molecule has 1 amide bonds. The Morgan fingerprint density at radius 3 is 2.71 bits per heavy atom. The maximum atomic E-state index is 10.7. The zero-order valence-electron chi connectivity index (χ0n) is 8.78. The molecule has 0 saturated heterocycles. The van der Waals surface area contributed by atoms with Crippen molar-refractivity contribution in [1.82, 2.24) is 4.90 Å². The summed E-state index contributed by atoms with van der Waals surface area (Å²) in [5, 5.41) is 0. The minimum Gasteiger partial charge on any atom is -0.369 e. The zero-order valence-corrected chi connectivity index (χ0v) is 9.60. The maximum Gasteiger partial charge on any atom is 0.231 e. The molecule has 0 bridgehead atoms. The SMILES string of the molecule is Cc1ccc([C@H](C)N(C)CC(N)=O)s1. The van der Waals surface area contributed by atoms with Crippen LogP contribution in [0.5, 0.6) is 0 Å². The van der Waals surface area contributed by atoms with Gasteiger partial charge in [0.25, 0.3) is 0 Å². The zero-order chi connectivity index (χ0) is 10.7. The minimum atomic E-state index is -0.285. The minimum absolute atomic E-state index is 0.251. The maximum absolute atomic E-state index is 10.7. The van der Waals surface area contributed by atoms with Crippen LogP contribution in [-0.4, -0.2) is 24.4 Å². The van der Waals surface area contributed by atoms with Gasteiger partial charge in [0.1, 0.15) is 0 Å². The molecule has 0 aliphatic heterocycles. The number of nitrogens with zero attached hydrogens (tertiary/aromatic N) is 1. The highest BCUT2D eigenvalue weighted by Crippen LogP contribution is 2.25. The normalized spacial score (nSPS) is 13.1. The van der Waals surface area contributed by atoms with Crippen LogP contribution in [0.3, 0.4) is 0 Å². The van der Waals surface area contributed by atoms with E-state index in [0.29, 0.717) is 6.54 Å². The summed E-state index contributed by atoms with van der Waals surface area (Å²) >= 11 is 1.76. The van der Waals surface area contributed by atoms with Crippen molar-refractivity contribution in [3.63, 3.8) is 0 Å². The van der Waals surface area contributed by atoms with Crippen LogP contribution in [0, 0.1) is 6.92 Å². The first-order chi connectivity index (χ1) is 6.50. The molecule has 3 nitrogen and oxygen atoms in total. The summed E-state index contributed by atoms with van der Waals surface area (Å²) in [5.41, 5.74) is 5.14. The van der Waals surface area contributed by atoms with Gasteiger partial charge in [-0.15, -0.1) is 11.3 Å². The Balaban J connectivity index is 2.65. The van der Waals surface area contributed by atoms with E-state index < -0.39 is 0 Å². The van der Waals surface area contributed by atoms with Crippen molar-refractivity contribution in [3.05, 3.63) is 21.9 Å². The number of nitrogens with two attached hydrogens (primary N) is 1. The van der Waals surface area contributed by atoms with Crippen LogP contribution in [0.15, 0.2) is 12.1 Å². The fourth-order valence-electron chi connectivity index (χ4n) is 1.28. The summed E-state index contributed by atoms with van der Waals surface area (Å²) in [7, 11) is 1.91. The molecule has 0 unspecified atom stereocenters. The van der Waals surface area contributed by atoms with Crippen molar-refractivity contribution < 1.29 is 4.79 Å². The smallest absolute Gasteiger partial charge is 0.231 e. The van der Waals surface area contributed by atoms with Gasteiger partial charge < -0.3 is 5.73 Å². The third-order valence-corrected chi connectivity index (χ3v) is 3.41. The lowest BCUT2D eigenvalue weighted by atomic mass is 10.2. The summed E-state index contributed by atoms with van der Waals surface area (Å²) in [6.45, 7) is 4.46. The standard InChI is InChI=1S/C10H16N2OS/c1-7-4-5-9(14-7)8(2)12(3)6-10(11)13/h4-5,8H,6H2,1-3H3,(H2,11,13)/t8-/m0/s1. The van der Waals surface area contributed by atoms with Crippen LogP contribution in [0.2, 0.25) is 0 Å². The van der Waals surface area contributed by atoms with Gasteiger partial charge in [0.15, 0.2) is 0 Å². The Morgan fingerprint density at radius 1 is 1.64 bits per heavy atom. The average Bonchev–Trinajstić information content (AvgIpc) is 2.49. The molecule has 0 spiro atoms. The number of hydrogen-bond donors (Lipinski definition) is 1. The van der Waals surface area contributed by atoms with E-state index in [1.165, 1.54) is 9.75 Å². The Kier molecular flexibility index (Phi) is 3.66.